The molecule has 3 rings (SSSR count). The van der Waals surface area contributed by atoms with Gasteiger partial charge in [-0.1, -0.05) is 19.1 Å². The molecule has 1 aromatic heterocycles. The van der Waals surface area contributed by atoms with E-state index in [2.05, 4.69) is 34.6 Å². The maximum absolute atomic E-state index is 12.1. The van der Waals surface area contributed by atoms with Gasteiger partial charge < -0.3 is 10.1 Å². The Morgan fingerprint density at radius 2 is 2.04 bits per heavy atom. The number of fused-ring (bicyclic) bond motifs is 1. The third kappa shape index (κ3) is 3.22. The highest BCUT2D eigenvalue weighted by atomic mass is 32.2. The van der Waals surface area contributed by atoms with Crippen molar-refractivity contribution in [1.29, 1.82) is 0 Å². The molecule has 23 heavy (non-hydrogen) atoms. The summed E-state index contributed by atoms with van der Waals surface area (Å²) in [7, 11) is 0. The number of aromatic nitrogens is 2. The molecule has 1 amide bonds. The van der Waals surface area contributed by atoms with Gasteiger partial charge in [0.15, 0.2) is 5.82 Å². The number of ether oxygens (including phenoxy) is 1. The van der Waals surface area contributed by atoms with Gasteiger partial charge in [0.2, 0.25) is 5.91 Å². The molecule has 2 aromatic rings. The van der Waals surface area contributed by atoms with E-state index in [-0.39, 0.29) is 16.4 Å². The van der Waals surface area contributed by atoms with Crippen LogP contribution in [-0.2, 0) is 4.79 Å². The van der Waals surface area contributed by atoms with E-state index >= 15 is 0 Å². The van der Waals surface area contributed by atoms with Crippen molar-refractivity contribution < 1.29 is 9.53 Å². The Balaban J connectivity index is 1.94. The fraction of sp³-hybridized carbons (Fsp3) is 0.412. The van der Waals surface area contributed by atoms with Gasteiger partial charge in [-0.2, -0.15) is 5.10 Å². The molecule has 1 aliphatic rings. The molecule has 0 unspecified atom stereocenters. The molecular weight excluding hydrogens is 310 g/mol. The number of H-pyrrole nitrogens is 1. The van der Waals surface area contributed by atoms with Gasteiger partial charge in [-0.05, 0) is 38.0 Å². The quantitative estimate of drug-likeness (QED) is 0.897. The van der Waals surface area contributed by atoms with Crippen LogP contribution in [0.25, 0.3) is 0 Å². The number of nitrogens with one attached hydrogen (secondary N) is 2. The van der Waals surface area contributed by atoms with Crippen molar-refractivity contribution in [3.8, 4) is 5.75 Å². The van der Waals surface area contributed by atoms with Crippen LogP contribution in [0.5, 0.6) is 5.75 Å². The second-order valence-corrected chi connectivity index (χ2v) is 7.13. The standard InChI is InChI=1S/C17H21N3O2S/c1-4-9-22-13-7-5-12(6-8-13)15-14-10(2)19-20-16(14)18-17(21)11(3)23-15/h5-8,11,15H,4,9H2,1-3H3,(H2,18,19,20,21)/t11-,15+/m0/s1. The number of carbonyl (C=O) groups excluding carboxylic acids is 1. The third-order valence-corrected chi connectivity index (χ3v) is 5.27. The number of aromatic amines is 1. The van der Waals surface area contributed by atoms with Crippen LogP contribution in [0.2, 0.25) is 0 Å². The van der Waals surface area contributed by atoms with Crippen molar-refractivity contribution in [2.45, 2.75) is 37.7 Å². The Hall–Kier alpha value is -1.95. The smallest absolute Gasteiger partial charge is 0.238 e. The zero-order valence-electron chi connectivity index (χ0n) is 13.6. The molecule has 1 aliphatic heterocycles. The van der Waals surface area contributed by atoms with Gasteiger partial charge in [0.1, 0.15) is 5.75 Å². The van der Waals surface area contributed by atoms with Gasteiger partial charge in [-0.25, -0.2) is 0 Å². The summed E-state index contributed by atoms with van der Waals surface area (Å²) in [6.07, 6.45) is 0.989. The average Bonchev–Trinajstić information content (AvgIpc) is 2.85. The first-order valence-corrected chi connectivity index (χ1v) is 8.78. The highest BCUT2D eigenvalue weighted by Crippen LogP contribution is 2.44. The normalized spacial score (nSPS) is 20.6. The Morgan fingerprint density at radius 3 is 2.74 bits per heavy atom. The predicted molar refractivity (Wildman–Crippen MR) is 93.1 cm³/mol. The first-order chi connectivity index (χ1) is 11.1. The number of amides is 1. The van der Waals surface area contributed by atoms with Crippen LogP contribution in [0.1, 0.15) is 42.3 Å². The van der Waals surface area contributed by atoms with E-state index in [0.717, 1.165) is 35.6 Å². The zero-order valence-corrected chi connectivity index (χ0v) is 14.4. The number of carbonyl (C=O) groups is 1. The second kappa shape index (κ2) is 6.66. The number of hydrogen-bond donors (Lipinski definition) is 2. The monoisotopic (exact) mass is 331 g/mol. The molecule has 1 aromatic carbocycles. The molecule has 0 aliphatic carbocycles. The molecule has 2 N–H and O–H groups in total. The van der Waals surface area contributed by atoms with Gasteiger partial charge in [-0.15, -0.1) is 11.8 Å². The summed E-state index contributed by atoms with van der Waals surface area (Å²) in [5.74, 6) is 1.51. The number of rotatable bonds is 4. The highest BCUT2D eigenvalue weighted by molar-refractivity contribution is 8.01. The van der Waals surface area contributed by atoms with Crippen LogP contribution >= 0.6 is 11.8 Å². The fourth-order valence-electron chi connectivity index (χ4n) is 2.61. The van der Waals surface area contributed by atoms with Crippen molar-refractivity contribution in [2.75, 3.05) is 11.9 Å². The largest absolute Gasteiger partial charge is 0.494 e. The Bertz CT molecular complexity index is 696. The number of aryl methyl sites for hydroxylation is 1. The molecule has 2 heterocycles. The molecule has 0 saturated heterocycles. The summed E-state index contributed by atoms with van der Waals surface area (Å²) in [5, 5.41) is 10.1. The first kappa shape index (κ1) is 15.9. The average molecular weight is 331 g/mol. The van der Waals surface area contributed by atoms with Gasteiger partial charge >= 0.3 is 0 Å². The molecule has 0 saturated carbocycles. The Labute approximate surface area is 140 Å². The van der Waals surface area contributed by atoms with E-state index in [9.17, 15) is 4.79 Å². The molecule has 0 spiro atoms. The van der Waals surface area contributed by atoms with E-state index in [1.165, 1.54) is 0 Å². The maximum Gasteiger partial charge on any atom is 0.238 e. The molecule has 6 heteroatoms. The summed E-state index contributed by atoms with van der Waals surface area (Å²) in [4.78, 5) is 12.1. The summed E-state index contributed by atoms with van der Waals surface area (Å²) in [5.41, 5.74) is 3.18. The van der Waals surface area contributed by atoms with Crippen LogP contribution in [0.3, 0.4) is 0 Å². The van der Waals surface area contributed by atoms with Crippen molar-refractivity contribution in [1.82, 2.24) is 10.2 Å². The Morgan fingerprint density at radius 1 is 1.30 bits per heavy atom. The SMILES string of the molecule is CCCOc1ccc([C@H]2S[C@@H](C)C(=O)Nc3n[nH]c(C)c32)cc1. The number of hydrogen-bond acceptors (Lipinski definition) is 4. The molecule has 0 radical (unpaired) electrons. The van der Waals surface area contributed by atoms with E-state index < -0.39 is 0 Å². The first-order valence-electron chi connectivity index (χ1n) is 7.84. The van der Waals surface area contributed by atoms with Crippen LogP contribution < -0.4 is 10.1 Å². The number of thioether (sulfide) groups is 1. The van der Waals surface area contributed by atoms with E-state index in [1.54, 1.807) is 11.8 Å². The molecule has 5 nitrogen and oxygen atoms in total. The number of anilines is 1. The lowest BCUT2D eigenvalue weighted by molar-refractivity contribution is -0.115. The van der Waals surface area contributed by atoms with Crippen molar-refractivity contribution >= 4 is 23.5 Å². The van der Waals surface area contributed by atoms with Crippen molar-refractivity contribution in [3.63, 3.8) is 0 Å². The van der Waals surface area contributed by atoms with Crippen LogP contribution in [0, 0.1) is 6.92 Å². The van der Waals surface area contributed by atoms with E-state index in [0.29, 0.717) is 5.82 Å². The van der Waals surface area contributed by atoms with E-state index in [1.807, 2.05) is 26.0 Å². The molecule has 122 valence electrons. The summed E-state index contributed by atoms with van der Waals surface area (Å²) in [6.45, 7) is 6.72. The molecule has 0 fully saturated rings. The number of nitrogens with zero attached hydrogens (tertiary/aromatic N) is 1. The minimum Gasteiger partial charge on any atom is -0.494 e. The maximum atomic E-state index is 12.1. The fourth-order valence-corrected chi connectivity index (χ4v) is 3.94. The minimum atomic E-state index is -0.135. The Kier molecular flexibility index (Phi) is 4.61. The summed E-state index contributed by atoms with van der Waals surface area (Å²) in [6, 6.07) is 8.12. The molecular formula is C17H21N3O2S. The number of benzene rings is 1. The van der Waals surface area contributed by atoms with Crippen molar-refractivity contribution in [3.05, 3.63) is 41.1 Å². The topological polar surface area (TPSA) is 67.0 Å². The highest BCUT2D eigenvalue weighted by Gasteiger charge is 2.32. The third-order valence-electron chi connectivity index (χ3n) is 3.86. The van der Waals surface area contributed by atoms with Crippen LogP contribution in [-0.4, -0.2) is 28.0 Å². The molecule has 0 bridgehead atoms. The second-order valence-electron chi connectivity index (χ2n) is 5.68. The van der Waals surface area contributed by atoms with Gasteiger partial charge in [0, 0.05) is 11.3 Å². The van der Waals surface area contributed by atoms with E-state index in [4.69, 9.17) is 4.74 Å². The van der Waals surface area contributed by atoms with Gasteiger partial charge in [0.25, 0.3) is 0 Å². The minimum absolute atomic E-state index is 0.00634. The zero-order chi connectivity index (χ0) is 16.4. The lowest BCUT2D eigenvalue weighted by Gasteiger charge is -2.18. The van der Waals surface area contributed by atoms with Gasteiger partial charge in [-0.3, -0.25) is 9.89 Å². The van der Waals surface area contributed by atoms with Crippen LogP contribution in [0.4, 0.5) is 5.82 Å². The van der Waals surface area contributed by atoms with Crippen LogP contribution in [0.15, 0.2) is 24.3 Å². The van der Waals surface area contributed by atoms with Gasteiger partial charge in [0.05, 0.1) is 17.1 Å². The lowest BCUT2D eigenvalue weighted by Crippen LogP contribution is -2.21. The summed E-state index contributed by atoms with van der Waals surface area (Å²) < 4.78 is 5.65. The predicted octanol–water partition coefficient (Wildman–Crippen LogP) is 3.67. The lowest BCUT2D eigenvalue weighted by atomic mass is 10.0. The van der Waals surface area contributed by atoms with Crippen molar-refractivity contribution in [2.24, 2.45) is 0 Å². The molecule has 2 atom stereocenters. The summed E-state index contributed by atoms with van der Waals surface area (Å²) >= 11 is 1.64.